The lowest BCUT2D eigenvalue weighted by atomic mass is 9.70. The number of aliphatic hydroxyl groups excluding tert-OH is 1. The molecular weight excluding hydrogens is 447 g/mol. The summed E-state index contributed by atoms with van der Waals surface area (Å²) in [5.41, 5.74) is 9.20. The normalized spacial score (nSPS) is 22.1. The van der Waals surface area contributed by atoms with Crippen molar-refractivity contribution in [2.75, 3.05) is 18.1 Å². The van der Waals surface area contributed by atoms with E-state index in [1.807, 2.05) is 54.6 Å². The Hall–Kier alpha value is -3.43. The first kappa shape index (κ1) is 22.4. The number of fused-ring (bicyclic) bond motifs is 1. The van der Waals surface area contributed by atoms with Gasteiger partial charge < -0.3 is 15.6 Å². The molecule has 1 amide bonds. The van der Waals surface area contributed by atoms with Crippen molar-refractivity contribution in [1.29, 1.82) is 0 Å². The van der Waals surface area contributed by atoms with Gasteiger partial charge >= 0.3 is 6.18 Å². The second-order valence-electron chi connectivity index (χ2n) is 8.75. The quantitative estimate of drug-likeness (QED) is 0.603. The number of alkyl halides is 3. The van der Waals surface area contributed by atoms with Crippen LogP contribution in [0.15, 0.2) is 60.7 Å². The van der Waals surface area contributed by atoms with Crippen LogP contribution >= 0.6 is 0 Å². The van der Waals surface area contributed by atoms with Crippen LogP contribution in [0.2, 0.25) is 0 Å². The van der Waals surface area contributed by atoms with Gasteiger partial charge in [0.15, 0.2) is 6.61 Å². The predicted molar refractivity (Wildman–Crippen MR) is 120 cm³/mol. The fourth-order valence-electron chi connectivity index (χ4n) is 4.52. The Morgan fingerprint density at radius 1 is 1.09 bits per heavy atom. The Kier molecular flexibility index (Phi) is 5.33. The molecule has 2 aliphatic rings. The van der Waals surface area contributed by atoms with Gasteiger partial charge in [0.05, 0.1) is 11.8 Å². The van der Waals surface area contributed by atoms with E-state index in [1.54, 1.807) is 0 Å². The molecule has 1 aliphatic carbocycles. The molecule has 0 bridgehead atoms. The molecule has 3 N–H and O–H groups in total. The summed E-state index contributed by atoms with van der Waals surface area (Å²) in [6.07, 6.45) is -4.01. The molecule has 5 rings (SSSR count). The first-order valence-electron chi connectivity index (χ1n) is 10.8. The third-order valence-corrected chi connectivity index (χ3v) is 6.25. The van der Waals surface area contributed by atoms with Crippen molar-refractivity contribution in [2.24, 2.45) is 5.73 Å². The number of halogens is 3. The second-order valence-corrected chi connectivity index (χ2v) is 8.75. The second kappa shape index (κ2) is 8.11. The number of amides is 1. The number of aromatic nitrogens is 1. The molecule has 3 aromatic rings. The smallest absolute Gasteiger partial charge is 0.406 e. The molecule has 1 saturated carbocycles. The van der Waals surface area contributed by atoms with Crippen molar-refractivity contribution >= 4 is 11.6 Å². The van der Waals surface area contributed by atoms with Crippen LogP contribution < -0.4 is 15.4 Å². The molecule has 1 aromatic heterocycles. The maximum Gasteiger partial charge on any atom is 0.406 e. The molecule has 2 aromatic carbocycles. The van der Waals surface area contributed by atoms with Gasteiger partial charge in [-0.2, -0.15) is 13.2 Å². The van der Waals surface area contributed by atoms with E-state index in [0.29, 0.717) is 29.0 Å². The average Bonchev–Trinajstić information content (AvgIpc) is 2.79. The monoisotopic (exact) mass is 469 g/mol. The number of nitrogens with zero attached hydrogens (tertiary/aromatic N) is 2. The molecule has 0 spiro atoms. The Bertz CT molecular complexity index is 1220. The maximum absolute atomic E-state index is 13.2. The number of carbonyl (C=O) groups is 1. The van der Waals surface area contributed by atoms with Gasteiger partial charge in [-0.05, 0) is 30.0 Å². The van der Waals surface area contributed by atoms with Gasteiger partial charge in [0.25, 0.3) is 5.91 Å². The lowest BCUT2D eigenvalue weighted by molar-refractivity contribution is -0.134. The fourth-order valence-corrected chi connectivity index (χ4v) is 4.52. The Morgan fingerprint density at radius 3 is 2.38 bits per heavy atom. The molecule has 1 fully saturated rings. The van der Waals surface area contributed by atoms with E-state index in [-0.39, 0.29) is 11.6 Å². The number of pyridine rings is 1. The Balaban J connectivity index is 1.61. The zero-order valence-electron chi connectivity index (χ0n) is 18.0. The Labute approximate surface area is 193 Å². The van der Waals surface area contributed by atoms with Gasteiger partial charge in [0.2, 0.25) is 5.88 Å². The first-order chi connectivity index (χ1) is 16.1. The summed E-state index contributed by atoms with van der Waals surface area (Å²) in [5, 5.41) is 9.66. The standard InChI is InChI=1S/C25H22F3N3O3/c26-25(27,28)14-31-20-10-19(15-4-2-1-3-5-15)22(30-23(20)34-13-21(31)33)16-6-8-17(9-7-16)24(29)11-18(32)12-24/h1-10,18,32H,11-14,29H2/t18-,24+. The summed E-state index contributed by atoms with van der Waals surface area (Å²) in [6.45, 7) is -1.94. The molecule has 176 valence electrons. The zero-order valence-corrected chi connectivity index (χ0v) is 18.0. The molecule has 2 heterocycles. The predicted octanol–water partition coefficient (Wildman–Crippen LogP) is 4.01. The number of hydrogen-bond donors (Lipinski definition) is 2. The third kappa shape index (κ3) is 4.12. The molecule has 0 atom stereocenters. The highest BCUT2D eigenvalue weighted by Gasteiger charge is 2.41. The van der Waals surface area contributed by atoms with Gasteiger partial charge in [-0.1, -0.05) is 54.6 Å². The molecule has 0 radical (unpaired) electrons. The minimum absolute atomic E-state index is 0.0165. The van der Waals surface area contributed by atoms with E-state index >= 15 is 0 Å². The van der Waals surface area contributed by atoms with E-state index in [2.05, 4.69) is 4.98 Å². The van der Waals surface area contributed by atoms with Gasteiger partial charge in [0, 0.05) is 16.7 Å². The molecule has 9 heteroatoms. The number of rotatable bonds is 4. The number of nitrogens with two attached hydrogens (primary N) is 1. The molecular formula is C25H22F3N3O3. The highest BCUT2D eigenvalue weighted by molar-refractivity contribution is 5.99. The summed E-state index contributed by atoms with van der Waals surface area (Å²) in [6, 6.07) is 18.1. The average molecular weight is 469 g/mol. The highest BCUT2D eigenvalue weighted by atomic mass is 19.4. The lowest BCUT2D eigenvalue weighted by Crippen LogP contribution is -2.51. The number of hydrogen-bond acceptors (Lipinski definition) is 5. The van der Waals surface area contributed by atoms with Crippen molar-refractivity contribution in [3.8, 4) is 28.3 Å². The minimum Gasteiger partial charge on any atom is -0.466 e. The van der Waals surface area contributed by atoms with Crippen molar-refractivity contribution in [2.45, 2.75) is 30.7 Å². The number of carbonyl (C=O) groups excluding carboxylic acids is 1. The van der Waals surface area contributed by atoms with Gasteiger partial charge in [-0.3, -0.25) is 9.69 Å². The fraction of sp³-hybridized carbons (Fsp3) is 0.280. The van der Waals surface area contributed by atoms with Crippen LogP contribution in [-0.2, 0) is 10.3 Å². The van der Waals surface area contributed by atoms with Crippen molar-refractivity contribution < 1.29 is 27.8 Å². The number of aliphatic hydroxyl groups is 1. The van der Waals surface area contributed by atoms with Gasteiger partial charge in [0.1, 0.15) is 12.2 Å². The van der Waals surface area contributed by atoms with E-state index in [0.717, 1.165) is 16.7 Å². The van der Waals surface area contributed by atoms with Crippen molar-refractivity contribution in [3.05, 3.63) is 66.2 Å². The van der Waals surface area contributed by atoms with Crippen molar-refractivity contribution in [3.63, 3.8) is 0 Å². The van der Waals surface area contributed by atoms with E-state index in [9.17, 15) is 23.1 Å². The van der Waals surface area contributed by atoms with Crippen LogP contribution in [0.3, 0.4) is 0 Å². The van der Waals surface area contributed by atoms with Crippen LogP contribution in [-0.4, -0.2) is 41.4 Å². The molecule has 34 heavy (non-hydrogen) atoms. The minimum atomic E-state index is -4.57. The first-order valence-corrected chi connectivity index (χ1v) is 10.8. The lowest BCUT2D eigenvalue weighted by Gasteiger charge is -2.42. The highest BCUT2D eigenvalue weighted by Crippen LogP contribution is 2.43. The summed E-state index contributed by atoms with van der Waals surface area (Å²) in [4.78, 5) is 17.5. The van der Waals surface area contributed by atoms with Crippen LogP contribution in [0, 0.1) is 0 Å². The molecule has 0 saturated heterocycles. The largest absolute Gasteiger partial charge is 0.466 e. The van der Waals surface area contributed by atoms with Crippen molar-refractivity contribution in [1.82, 2.24) is 4.98 Å². The zero-order chi connectivity index (χ0) is 24.1. The summed E-state index contributed by atoms with van der Waals surface area (Å²) in [5.74, 6) is -0.807. The van der Waals surface area contributed by atoms with Crippen LogP contribution in [0.25, 0.3) is 22.4 Å². The topological polar surface area (TPSA) is 88.7 Å². The van der Waals surface area contributed by atoms with E-state index in [4.69, 9.17) is 10.5 Å². The number of ether oxygens (including phenoxy) is 1. The number of anilines is 1. The number of benzene rings is 2. The summed E-state index contributed by atoms with van der Waals surface area (Å²) >= 11 is 0. The van der Waals surface area contributed by atoms with Crippen LogP contribution in [0.4, 0.5) is 18.9 Å². The summed E-state index contributed by atoms with van der Waals surface area (Å²) < 4.78 is 45.0. The van der Waals surface area contributed by atoms with Gasteiger partial charge in [-0.25, -0.2) is 4.98 Å². The van der Waals surface area contributed by atoms with E-state index in [1.165, 1.54) is 6.07 Å². The summed E-state index contributed by atoms with van der Waals surface area (Å²) in [7, 11) is 0. The molecule has 6 nitrogen and oxygen atoms in total. The Morgan fingerprint density at radius 2 is 1.76 bits per heavy atom. The maximum atomic E-state index is 13.2. The molecule has 1 aliphatic heterocycles. The third-order valence-electron chi connectivity index (χ3n) is 6.25. The van der Waals surface area contributed by atoms with Crippen LogP contribution in [0.5, 0.6) is 5.88 Å². The van der Waals surface area contributed by atoms with Gasteiger partial charge in [-0.15, -0.1) is 0 Å². The SMILES string of the molecule is N[C@]1(c2ccc(-c3nc4c(cc3-c3ccccc3)N(CC(F)(F)F)C(=O)CO4)cc2)C[C@H](O)C1. The van der Waals surface area contributed by atoms with Crippen LogP contribution in [0.1, 0.15) is 18.4 Å². The van der Waals surface area contributed by atoms with E-state index < -0.39 is 36.9 Å². The molecule has 0 unspecified atom stereocenters.